The quantitative estimate of drug-likeness (QED) is 0.862. The molecule has 0 spiro atoms. The van der Waals surface area contributed by atoms with E-state index in [1.165, 1.54) is 23.5 Å². The Morgan fingerprint density at radius 3 is 2.80 bits per heavy atom. The minimum atomic E-state index is -0.146. The number of hydrogen-bond acceptors (Lipinski definition) is 3. The summed E-state index contributed by atoms with van der Waals surface area (Å²) >= 11 is 0. The van der Waals surface area contributed by atoms with E-state index in [0.717, 1.165) is 25.6 Å². The van der Waals surface area contributed by atoms with Crippen molar-refractivity contribution in [2.75, 3.05) is 26.2 Å². The molecule has 0 bridgehead atoms. The topological polar surface area (TPSA) is 54.3 Å². The van der Waals surface area contributed by atoms with Crippen LogP contribution in [-0.2, 0) is 11.3 Å². The van der Waals surface area contributed by atoms with Gasteiger partial charge in [-0.2, -0.15) is 0 Å². The summed E-state index contributed by atoms with van der Waals surface area (Å²) in [7, 11) is 0. The van der Waals surface area contributed by atoms with Crippen LogP contribution in [0, 0.1) is 5.92 Å². The predicted molar refractivity (Wildman–Crippen MR) is 78.5 cm³/mol. The highest BCUT2D eigenvalue weighted by Crippen LogP contribution is 2.14. The third-order valence-corrected chi connectivity index (χ3v) is 3.84. The molecule has 0 unspecified atom stereocenters. The second-order valence-electron chi connectivity index (χ2n) is 5.54. The van der Waals surface area contributed by atoms with Gasteiger partial charge in [-0.3, -0.25) is 9.59 Å². The number of piperidine rings is 1. The molecule has 1 saturated heterocycles. The van der Waals surface area contributed by atoms with E-state index >= 15 is 0 Å². The highest BCUT2D eigenvalue weighted by atomic mass is 16.2. The van der Waals surface area contributed by atoms with Crippen LogP contribution in [0.1, 0.15) is 19.8 Å². The number of nitrogens with zero attached hydrogens (tertiary/aromatic N) is 2. The molecular weight excluding hydrogens is 254 g/mol. The molecule has 0 saturated carbocycles. The lowest BCUT2D eigenvalue weighted by atomic mass is 9.99. The highest BCUT2D eigenvalue weighted by molar-refractivity contribution is 5.75. The molecule has 5 nitrogen and oxygen atoms in total. The summed E-state index contributed by atoms with van der Waals surface area (Å²) in [6, 6.07) is 4.89. The standard InChI is InChI=1S/C15H23N3O2/c1-13-5-9-17(10-6-13)11-7-16-14(19)12-18-8-3-2-4-15(18)20/h2-4,8,13H,5-7,9-12H2,1H3,(H,16,19). The van der Waals surface area contributed by atoms with E-state index in [4.69, 9.17) is 0 Å². The minimum Gasteiger partial charge on any atom is -0.353 e. The van der Waals surface area contributed by atoms with Crippen molar-refractivity contribution in [1.29, 1.82) is 0 Å². The van der Waals surface area contributed by atoms with E-state index in [9.17, 15) is 9.59 Å². The Morgan fingerprint density at radius 2 is 2.10 bits per heavy atom. The van der Waals surface area contributed by atoms with Gasteiger partial charge in [0.25, 0.3) is 5.56 Å². The van der Waals surface area contributed by atoms with Crippen LogP contribution >= 0.6 is 0 Å². The summed E-state index contributed by atoms with van der Waals surface area (Å²) in [5, 5.41) is 2.88. The molecule has 1 fully saturated rings. The van der Waals surface area contributed by atoms with Crippen molar-refractivity contribution in [2.45, 2.75) is 26.3 Å². The van der Waals surface area contributed by atoms with Gasteiger partial charge in [0, 0.05) is 25.4 Å². The van der Waals surface area contributed by atoms with Gasteiger partial charge in [-0.05, 0) is 37.9 Å². The van der Waals surface area contributed by atoms with Crippen LogP contribution in [-0.4, -0.2) is 41.6 Å². The second kappa shape index (κ2) is 7.24. The van der Waals surface area contributed by atoms with Gasteiger partial charge in [0.1, 0.15) is 6.54 Å². The van der Waals surface area contributed by atoms with Gasteiger partial charge in [-0.25, -0.2) is 0 Å². The number of amides is 1. The first-order valence-electron chi connectivity index (χ1n) is 7.29. The average molecular weight is 277 g/mol. The Hall–Kier alpha value is -1.62. The van der Waals surface area contributed by atoms with Gasteiger partial charge >= 0.3 is 0 Å². The van der Waals surface area contributed by atoms with E-state index in [1.807, 2.05) is 0 Å². The number of nitrogens with one attached hydrogen (secondary N) is 1. The van der Waals surface area contributed by atoms with E-state index in [-0.39, 0.29) is 18.0 Å². The number of aromatic nitrogens is 1. The predicted octanol–water partition coefficient (Wildman–Crippen LogP) is 0.696. The van der Waals surface area contributed by atoms with Crippen molar-refractivity contribution in [1.82, 2.24) is 14.8 Å². The van der Waals surface area contributed by atoms with Crippen molar-refractivity contribution < 1.29 is 4.79 Å². The third kappa shape index (κ3) is 4.49. The Bertz CT molecular complexity index is 490. The summed E-state index contributed by atoms with van der Waals surface area (Å²) in [5.74, 6) is 0.717. The van der Waals surface area contributed by atoms with Crippen molar-refractivity contribution in [3.05, 3.63) is 34.7 Å². The van der Waals surface area contributed by atoms with Crippen LogP contribution in [0.4, 0.5) is 0 Å². The fourth-order valence-electron chi connectivity index (χ4n) is 2.44. The molecule has 1 aromatic heterocycles. The zero-order chi connectivity index (χ0) is 14.4. The van der Waals surface area contributed by atoms with Crippen LogP contribution < -0.4 is 10.9 Å². The highest BCUT2D eigenvalue weighted by Gasteiger charge is 2.15. The first-order valence-corrected chi connectivity index (χ1v) is 7.29. The third-order valence-electron chi connectivity index (χ3n) is 3.84. The molecule has 20 heavy (non-hydrogen) atoms. The molecule has 110 valence electrons. The Kier molecular flexibility index (Phi) is 5.35. The van der Waals surface area contributed by atoms with Gasteiger partial charge in [-0.15, -0.1) is 0 Å². The fourth-order valence-corrected chi connectivity index (χ4v) is 2.44. The first-order chi connectivity index (χ1) is 9.65. The molecule has 1 N–H and O–H groups in total. The number of pyridine rings is 1. The van der Waals surface area contributed by atoms with Crippen LogP contribution in [0.5, 0.6) is 0 Å². The maximum Gasteiger partial charge on any atom is 0.250 e. The lowest BCUT2D eigenvalue weighted by Gasteiger charge is -2.30. The van der Waals surface area contributed by atoms with Gasteiger partial charge in [0.05, 0.1) is 0 Å². The molecule has 0 aromatic carbocycles. The molecule has 0 aliphatic carbocycles. The van der Waals surface area contributed by atoms with Gasteiger partial charge < -0.3 is 14.8 Å². The Labute approximate surface area is 119 Å². The number of rotatable bonds is 5. The zero-order valence-electron chi connectivity index (χ0n) is 12.0. The van der Waals surface area contributed by atoms with Crippen LogP contribution in [0.2, 0.25) is 0 Å². The van der Waals surface area contributed by atoms with Crippen molar-refractivity contribution in [3.8, 4) is 0 Å². The molecule has 1 aliphatic heterocycles. The zero-order valence-corrected chi connectivity index (χ0v) is 12.0. The monoisotopic (exact) mass is 277 g/mol. The largest absolute Gasteiger partial charge is 0.353 e. The Morgan fingerprint density at radius 1 is 1.35 bits per heavy atom. The van der Waals surface area contributed by atoms with Crippen molar-refractivity contribution in [3.63, 3.8) is 0 Å². The molecular formula is C15H23N3O2. The van der Waals surface area contributed by atoms with Crippen LogP contribution in [0.3, 0.4) is 0 Å². The summed E-state index contributed by atoms with van der Waals surface area (Å²) in [6.45, 7) is 6.16. The lowest BCUT2D eigenvalue weighted by Crippen LogP contribution is -2.40. The number of hydrogen-bond donors (Lipinski definition) is 1. The molecule has 2 rings (SSSR count). The van der Waals surface area contributed by atoms with E-state index in [1.54, 1.807) is 18.3 Å². The van der Waals surface area contributed by atoms with Crippen molar-refractivity contribution in [2.24, 2.45) is 5.92 Å². The van der Waals surface area contributed by atoms with Gasteiger partial charge in [0.15, 0.2) is 0 Å². The van der Waals surface area contributed by atoms with Crippen LogP contribution in [0.15, 0.2) is 29.2 Å². The normalized spacial score (nSPS) is 17.1. The van der Waals surface area contributed by atoms with Crippen LogP contribution in [0.25, 0.3) is 0 Å². The summed E-state index contributed by atoms with van der Waals surface area (Å²) in [6.07, 6.45) is 4.12. The fraction of sp³-hybridized carbons (Fsp3) is 0.600. The number of likely N-dealkylation sites (tertiary alicyclic amines) is 1. The van der Waals surface area contributed by atoms with E-state index in [0.29, 0.717) is 6.54 Å². The smallest absolute Gasteiger partial charge is 0.250 e. The van der Waals surface area contributed by atoms with Crippen molar-refractivity contribution >= 4 is 5.91 Å². The molecule has 0 atom stereocenters. The molecule has 1 aromatic rings. The van der Waals surface area contributed by atoms with E-state index < -0.39 is 0 Å². The molecule has 1 aliphatic rings. The number of carbonyl (C=O) groups is 1. The maximum atomic E-state index is 11.8. The van der Waals surface area contributed by atoms with E-state index in [2.05, 4.69) is 17.1 Å². The summed E-state index contributed by atoms with van der Waals surface area (Å²) < 4.78 is 1.41. The minimum absolute atomic E-state index is 0.0940. The first kappa shape index (κ1) is 14.8. The maximum absolute atomic E-state index is 11.8. The van der Waals surface area contributed by atoms with Gasteiger partial charge in [0.2, 0.25) is 5.91 Å². The SMILES string of the molecule is CC1CCN(CCNC(=O)Cn2ccccc2=O)CC1. The number of carbonyl (C=O) groups excluding carboxylic acids is 1. The molecule has 5 heteroatoms. The Balaban J connectivity index is 1.68. The molecule has 0 radical (unpaired) electrons. The molecule has 2 heterocycles. The summed E-state index contributed by atoms with van der Waals surface area (Å²) in [4.78, 5) is 25.6. The second-order valence-corrected chi connectivity index (χ2v) is 5.54. The average Bonchev–Trinajstić information content (AvgIpc) is 2.44. The lowest BCUT2D eigenvalue weighted by molar-refractivity contribution is -0.121. The molecule has 1 amide bonds. The summed E-state index contributed by atoms with van der Waals surface area (Å²) in [5.41, 5.74) is -0.146. The van der Waals surface area contributed by atoms with Gasteiger partial charge in [-0.1, -0.05) is 13.0 Å².